The molecule has 1 unspecified atom stereocenters. The number of hydrogen-bond acceptors (Lipinski definition) is 5. The maximum Gasteiger partial charge on any atom is 0.165 e. The molecule has 0 amide bonds. The Morgan fingerprint density at radius 3 is 3.00 bits per heavy atom. The first-order valence-electron chi connectivity index (χ1n) is 8.58. The largest absolute Gasteiger partial charge is 0.504 e. The number of benzene rings is 1. The quantitative estimate of drug-likeness (QED) is 0.814. The van der Waals surface area contributed by atoms with Crippen LogP contribution in [-0.4, -0.2) is 54.5 Å². The molecule has 124 valence electrons. The molecule has 5 nitrogen and oxygen atoms in total. The van der Waals surface area contributed by atoms with Crippen molar-refractivity contribution in [3.8, 4) is 11.5 Å². The van der Waals surface area contributed by atoms with Crippen LogP contribution in [-0.2, 0) is 16.6 Å². The van der Waals surface area contributed by atoms with Crippen LogP contribution in [0.15, 0.2) is 12.1 Å². The van der Waals surface area contributed by atoms with E-state index in [1.807, 2.05) is 7.11 Å². The molecule has 1 saturated carbocycles. The van der Waals surface area contributed by atoms with Gasteiger partial charge in [0, 0.05) is 24.8 Å². The van der Waals surface area contributed by atoms with E-state index in [2.05, 4.69) is 18.0 Å². The number of hydrogen-bond donors (Lipinski definition) is 2. The summed E-state index contributed by atoms with van der Waals surface area (Å²) in [6, 6.07) is 4.15. The molecule has 1 spiro atoms. The van der Waals surface area contributed by atoms with Crippen LogP contribution in [0.1, 0.15) is 30.4 Å². The van der Waals surface area contributed by atoms with Gasteiger partial charge in [-0.15, -0.1) is 0 Å². The topological polar surface area (TPSA) is 68.0 Å². The van der Waals surface area contributed by atoms with Gasteiger partial charge in [0.2, 0.25) is 0 Å². The summed E-state index contributed by atoms with van der Waals surface area (Å²) in [6.07, 6.45) is 3.66. The highest BCUT2D eigenvalue weighted by atomic mass is 16.5. The minimum atomic E-state index is -0.271. The Morgan fingerprint density at radius 2 is 2.22 bits per heavy atom. The van der Waals surface area contributed by atoms with Gasteiger partial charge in [-0.3, -0.25) is 0 Å². The number of piperidine rings is 1. The zero-order valence-corrected chi connectivity index (χ0v) is 13.7. The molecule has 2 bridgehead atoms. The van der Waals surface area contributed by atoms with Crippen LogP contribution >= 0.6 is 0 Å². The van der Waals surface area contributed by atoms with Crippen molar-refractivity contribution in [3.05, 3.63) is 23.3 Å². The van der Waals surface area contributed by atoms with Crippen molar-refractivity contribution in [1.82, 2.24) is 4.90 Å². The van der Waals surface area contributed by atoms with Crippen molar-refractivity contribution in [2.75, 3.05) is 20.7 Å². The zero-order valence-electron chi connectivity index (χ0n) is 13.7. The number of rotatable bonds is 1. The Kier molecular flexibility index (Phi) is 2.57. The van der Waals surface area contributed by atoms with E-state index in [4.69, 9.17) is 15.2 Å². The van der Waals surface area contributed by atoms with E-state index in [-0.39, 0.29) is 28.9 Å². The minimum absolute atomic E-state index is 0.0138. The van der Waals surface area contributed by atoms with E-state index in [0.29, 0.717) is 11.8 Å². The molecule has 2 aliphatic carbocycles. The van der Waals surface area contributed by atoms with Crippen molar-refractivity contribution < 1.29 is 14.6 Å². The monoisotopic (exact) mass is 316 g/mol. The van der Waals surface area contributed by atoms with Crippen molar-refractivity contribution in [1.29, 1.82) is 0 Å². The highest BCUT2D eigenvalue weighted by Gasteiger charge is 2.73. The summed E-state index contributed by atoms with van der Waals surface area (Å²) >= 11 is 0. The maximum atomic E-state index is 10.4. The molecule has 0 aromatic heterocycles. The van der Waals surface area contributed by atoms with Crippen LogP contribution in [0.3, 0.4) is 0 Å². The standard InChI is InChI=1S/C18H24N2O3/c1-20-8-7-17-14-10-3-4-12(21)15(14)23-16(17)11(19)5-6-18(17,22-2)13(20)9-10/h3-4,11,13,16,21H,5-9,19H2,1-2H3/t11-,13?,16-,17-,18+/m0/s1. The lowest BCUT2D eigenvalue weighted by Crippen LogP contribution is -2.78. The summed E-state index contributed by atoms with van der Waals surface area (Å²) < 4.78 is 12.6. The Morgan fingerprint density at radius 1 is 1.39 bits per heavy atom. The number of phenolic OH excluding ortho intramolecular Hbond substituents is 1. The van der Waals surface area contributed by atoms with E-state index in [0.717, 1.165) is 32.2 Å². The smallest absolute Gasteiger partial charge is 0.165 e. The number of likely N-dealkylation sites (N-methyl/N-ethyl adjacent to an activating group) is 1. The van der Waals surface area contributed by atoms with Crippen molar-refractivity contribution in [3.63, 3.8) is 0 Å². The minimum Gasteiger partial charge on any atom is -0.504 e. The van der Waals surface area contributed by atoms with Crippen LogP contribution < -0.4 is 10.5 Å². The lowest BCUT2D eigenvalue weighted by atomic mass is 9.48. The fourth-order valence-corrected chi connectivity index (χ4v) is 6.18. The van der Waals surface area contributed by atoms with Crippen LogP contribution in [0.4, 0.5) is 0 Å². The van der Waals surface area contributed by atoms with Gasteiger partial charge in [0.1, 0.15) is 6.10 Å². The number of phenols is 1. The molecule has 1 saturated heterocycles. The fourth-order valence-electron chi connectivity index (χ4n) is 6.18. The summed E-state index contributed by atoms with van der Waals surface area (Å²) in [5.41, 5.74) is 8.47. The molecule has 3 N–H and O–H groups in total. The van der Waals surface area contributed by atoms with E-state index >= 15 is 0 Å². The summed E-state index contributed by atoms with van der Waals surface area (Å²) in [5, 5.41) is 10.4. The van der Waals surface area contributed by atoms with E-state index < -0.39 is 0 Å². The van der Waals surface area contributed by atoms with Gasteiger partial charge >= 0.3 is 0 Å². The van der Waals surface area contributed by atoms with Gasteiger partial charge in [0.05, 0.1) is 11.0 Å². The van der Waals surface area contributed by atoms with Crippen molar-refractivity contribution in [2.45, 2.75) is 54.9 Å². The second-order valence-corrected chi connectivity index (χ2v) is 7.70. The summed E-state index contributed by atoms with van der Waals surface area (Å²) in [7, 11) is 4.04. The molecule has 5 rings (SSSR count). The van der Waals surface area contributed by atoms with E-state index in [9.17, 15) is 5.11 Å². The maximum absolute atomic E-state index is 10.4. The van der Waals surface area contributed by atoms with Gasteiger partial charge in [-0.1, -0.05) is 6.07 Å². The molecular formula is C18H24N2O3. The average Bonchev–Trinajstić information content (AvgIpc) is 2.91. The molecule has 2 heterocycles. The van der Waals surface area contributed by atoms with Crippen LogP contribution in [0.25, 0.3) is 0 Å². The van der Waals surface area contributed by atoms with E-state index in [1.54, 1.807) is 6.07 Å². The SMILES string of the molecule is CO[C@@]12CC[C@H](N)[C@@H]3Oc4c(O)ccc5c4[C@@]31CCN(C)C2C5. The van der Waals surface area contributed by atoms with Crippen LogP contribution in [0.2, 0.25) is 0 Å². The normalized spacial score (nSPS) is 43.9. The number of likely N-dealkylation sites (tertiary alicyclic amines) is 1. The highest BCUT2D eigenvalue weighted by molar-refractivity contribution is 5.62. The van der Waals surface area contributed by atoms with Gasteiger partial charge < -0.3 is 25.2 Å². The number of nitrogens with two attached hydrogens (primary N) is 1. The van der Waals surface area contributed by atoms with Gasteiger partial charge in [0.25, 0.3) is 0 Å². The third-order valence-electron chi connectivity index (χ3n) is 7.10. The first-order valence-corrected chi connectivity index (χ1v) is 8.58. The molecule has 4 aliphatic rings. The van der Waals surface area contributed by atoms with Crippen molar-refractivity contribution >= 4 is 0 Å². The first-order chi connectivity index (χ1) is 11.0. The summed E-state index contributed by atoms with van der Waals surface area (Å²) in [6.45, 7) is 1.01. The molecule has 2 fully saturated rings. The average molecular weight is 316 g/mol. The molecule has 1 aromatic carbocycles. The molecule has 1 aromatic rings. The third kappa shape index (κ3) is 1.33. The second-order valence-electron chi connectivity index (χ2n) is 7.70. The van der Waals surface area contributed by atoms with Gasteiger partial charge in [0.15, 0.2) is 11.5 Å². The third-order valence-corrected chi connectivity index (χ3v) is 7.10. The summed E-state index contributed by atoms with van der Waals surface area (Å²) in [4.78, 5) is 2.44. The lowest BCUT2D eigenvalue weighted by Gasteiger charge is -2.65. The Hall–Kier alpha value is -1.30. The Balaban J connectivity index is 1.86. The van der Waals surface area contributed by atoms with Gasteiger partial charge in [-0.2, -0.15) is 0 Å². The Labute approximate surface area is 136 Å². The number of aromatic hydroxyl groups is 1. The van der Waals surface area contributed by atoms with Crippen molar-refractivity contribution in [2.24, 2.45) is 5.73 Å². The number of methoxy groups -OCH3 is 1. The van der Waals surface area contributed by atoms with Crippen LogP contribution in [0, 0.1) is 0 Å². The zero-order chi connectivity index (χ0) is 16.0. The second kappa shape index (κ2) is 4.21. The summed E-state index contributed by atoms with van der Waals surface area (Å²) in [5.74, 6) is 0.899. The Bertz CT molecular complexity index is 693. The molecule has 5 atom stereocenters. The molecule has 5 heteroatoms. The first kappa shape index (κ1) is 14.1. The van der Waals surface area contributed by atoms with Crippen LogP contribution in [0.5, 0.6) is 11.5 Å². The number of nitrogens with zero attached hydrogens (tertiary/aromatic N) is 1. The fraction of sp³-hybridized carbons (Fsp3) is 0.667. The molecule has 23 heavy (non-hydrogen) atoms. The predicted octanol–water partition coefficient (Wildman–Crippen LogP) is 1.16. The van der Waals surface area contributed by atoms with E-state index in [1.165, 1.54) is 11.1 Å². The molecular weight excluding hydrogens is 292 g/mol. The number of ether oxygens (including phenoxy) is 2. The lowest BCUT2D eigenvalue weighted by molar-refractivity contribution is -0.201. The predicted molar refractivity (Wildman–Crippen MR) is 85.9 cm³/mol. The highest BCUT2D eigenvalue weighted by Crippen LogP contribution is 2.66. The molecule has 2 aliphatic heterocycles. The molecule has 0 radical (unpaired) electrons. The van der Waals surface area contributed by atoms with Gasteiger partial charge in [-0.25, -0.2) is 0 Å². The van der Waals surface area contributed by atoms with Gasteiger partial charge in [-0.05, 0) is 50.9 Å².